The summed E-state index contributed by atoms with van der Waals surface area (Å²) in [6.07, 6.45) is 3.33. The maximum Gasteiger partial charge on any atom is 0.255 e. The molecular formula is C17H17NO3. The highest BCUT2D eigenvalue weighted by molar-refractivity contribution is 5.63. The first-order valence-electron chi connectivity index (χ1n) is 6.69. The lowest BCUT2D eigenvalue weighted by molar-refractivity contribution is -0.103. The SMILES string of the molecule is CN(C)c1ccc(C2(O)C=Cc3cc(O)ccc3O2)cc1. The summed E-state index contributed by atoms with van der Waals surface area (Å²) in [6.45, 7) is 0. The molecular weight excluding hydrogens is 266 g/mol. The topological polar surface area (TPSA) is 52.9 Å². The number of benzene rings is 2. The van der Waals surface area contributed by atoms with Crippen LogP contribution in [0.25, 0.3) is 6.08 Å². The van der Waals surface area contributed by atoms with Gasteiger partial charge in [0, 0.05) is 30.9 Å². The first-order chi connectivity index (χ1) is 9.98. The van der Waals surface area contributed by atoms with Crippen molar-refractivity contribution in [2.24, 2.45) is 0 Å². The molecule has 108 valence electrons. The van der Waals surface area contributed by atoms with Crippen molar-refractivity contribution in [2.45, 2.75) is 5.79 Å². The molecule has 2 aromatic carbocycles. The Labute approximate surface area is 123 Å². The van der Waals surface area contributed by atoms with Crippen LogP contribution in [0.1, 0.15) is 11.1 Å². The summed E-state index contributed by atoms with van der Waals surface area (Å²) >= 11 is 0. The number of nitrogens with zero attached hydrogens (tertiary/aromatic N) is 1. The van der Waals surface area contributed by atoms with E-state index in [0.29, 0.717) is 11.3 Å². The molecule has 0 saturated carbocycles. The fourth-order valence-electron chi connectivity index (χ4n) is 2.32. The number of aliphatic hydroxyl groups is 1. The van der Waals surface area contributed by atoms with Gasteiger partial charge in [-0.25, -0.2) is 0 Å². The Balaban J connectivity index is 1.94. The summed E-state index contributed by atoms with van der Waals surface area (Å²) in [6, 6.07) is 12.3. The molecule has 4 heteroatoms. The minimum absolute atomic E-state index is 0.169. The average molecular weight is 283 g/mol. The predicted octanol–water partition coefficient (Wildman–Crippen LogP) is 2.71. The lowest BCUT2D eigenvalue weighted by Gasteiger charge is -2.30. The van der Waals surface area contributed by atoms with Crippen molar-refractivity contribution in [3.05, 3.63) is 59.7 Å². The zero-order valence-corrected chi connectivity index (χ0v) is 11.9. The predicted molar refractivity (Wildman–Crippen MR) is 82.4 cm³/mol. The molecule has 1 unspecified atom stereocenters. The second-order valence-electron chi connectivity index (χ2n) is 5.30. The van der Waals surface area contributed by atoms with Crippen LogP contribution in [-0.2, 0) is 5.79 Å². The second kappa shape index (κ2) is 4.82. The summed E-state index contributed by atoms with van der Waals surface area (Å²) in [5.41, 5.74) is 2.44. The zero-order chi connectivity index (χ0) is 15.0. The summed E-state index contributed by atoms with van der Waals surface area (Å²) in [5.74, 6) is -0.785. The minimum Gasteiger partial charge on any atom is -0.508 e. The Morgan fingerprint density at radius 1 is 1.05 bits per heavy atom. The highest BCUT2D eigenvalue weighted by Crippen LogP contribution is 2.37. The first-order valence-corrected chi connectivity index (χ1v) is 6.69. The van der Waals surface area contributed by atoms with E-state index in [2.05, 4.69) is 0 Å². The number of phenolic OH excluding ortho intramolecular Hbond substituents is 1. The van der Waals surface area contributed by atoms with Crippen molar-refractivity contribution >= 4 is 11.8 Å². The molecule has 4 nitrogen and oxygen atoms in total. The molecule has 0 amide bonds. The smallest absolute Gasteiger partial charge is 0.255 e. The zero-order valence-electron chi connectivity index (χ0n) is 11.9. The van der Waals surface area contributed by atoms with Gasteiger partial charge >= 0.3 is 0 Å². The molecule has 2 aromatic rings. The minimum atomic E-state index is -1.49. The fraction of sp³-hybridized carbons (Fsp3) is 0.176. The molecule has 1 aliphatic rings. The monoisotopic (exact) mass is 283 g/mol. The lowest BCUT2D eigenvalue weighted by Crippen LogP contribution is -2.32. The van der Waals surface area contributed by atoms with E-state index in [1.807, 2.05) is 43.3 Å². The summed E-state index contributed by atoms with van der Waals surface area (Å²) in [4.78, 5) is 1.99. The highest BCUT2D eigenvalue weighted by atomic mass is 16.6. The molecule has 0 bridgehead atoms. The number of aromatic hydroxyl groups is 1. The van der Waals surface area contributed by atoms with E-state index >= 15 is 0 Å². The van der Waals surface area contributed by atoms with E-state index in [1.165, 1.54) is 6.07 Å². The molecule has 0 aliphatic carbocycles. The summed E-state index contributed by atoms with van der Waals surface area (Å²) in [5, 5.41) is 20.2. The first kappa shape index (κ1) is 13.5. The lowest BCUT2D eigenvalue weighted by atomic mass is 10.0. The van der Waals surface area contributed by atoms with Gasteiger partial charge in [0.25, 0.3) is 5.79 Å². The van der Waals surface area contributed by atoms with Gasteiger partial charge in [-0.15, -0.1) is 0 Å². The third-order valence-corrected chi connectivity index (χ3v) is 3.55. The molecule has 0 radical (unpaired) electrons. The Kier molecular flexibility index (Phi) is 3.11. The van der Waals surface area contributed by atoms with Gasteiger partial charge in [-0.3, -0.25) is 0 Å². The molecule has 0 aromatic heterocycles. The van der Waals surface area contributed by atoms with Crippen molar-refractivity contribution in [3.63, 3.8) is 0 Å². The van der Waals surface area contributed by atoms with Crippen LogP contribution in [-0.4, -0.2) is 24.3 Å². The highest BCUT2D eigenvalue weighted by Gasteiger charge is 2.32. The van der Waals surface area contributed by atoms with Crippen LogP contribution in [0, 0.1) is 0 Å². The quantitative estimate of drug-likeness (QED) is 0.890. The molecule has 0 spiro atoms. The van der Waals surface area contributed by atoms with Crippen LogP contribution < -0.4 is 9.64 Å². The maximum absolute atomic E-state index is 10.7. The van der Waals surface area contributed by atoms with Crippen molar-refractivity contribution in [1.82, 2.24) is 0 Å². The van der Waals surface area contributed by atoms with E-state index < -0.39 is 5.79 Å². The number of fused-ring (bicyclic) bond motifs is 1. The molecule has 1 atom stereocenters. The third kappa shape index (κ3) is 2.45. The Morgan fingerprint density at radius 3 is 2.43 bits per heavy atom. The van der Waals surface area contributed by atoms with Gasteiger partial charge in [-0.1, -0.05) is 12.1 Å². The molecule has 0 saturated heterocycles. The number of rotatable bonds is 2. The van der Waals surface area contributed by atoms with Gasteiger partial charge in [-0.05, 0) is 42.5 Å². The number of ether oxygens (including phenoxy) is 1. The van der Waals surface area contributed by atoms with E-state index in [-0.39, 0.29) is 5.75 Å². The van der Waals surface area contributed by atoms with E-state index in [9.17, 15) is 10.2 Å². The summed E-state index contributed by atoms with van der Waals surface area (Å²) < 4.78 is 5.70. The van der Waals surface area contributed by atoms with Crippen LogP contribution >= 0.6 is 0 Å². The molecule has 1 heterocycles. The number of hydrogen-bond donors (Lipinski definition) is 2. The van der Waals surface area contributed by atoms with Gasteiger partial charge in [0.05, 0.1) is 0 Å². The maximum atomic E-state index is 10.7. The van der Waals surface area contributed by atoms with Crippen molar-refractivity contribution in [2.75, 3.05) is 19.0 Å². The van der Waals surface area contributed by atoms with Crippen LogP contribution in [0.2, 0.25) is 0 Å². The molecule has 21 heavy (non-hydrogen) atoms. The molecule has 3 rings (SSSR count). The van der Waals surface area contributed by atoms with Crippen LogP contribution in [0.5, 0.6) is 11.5 Å². The van der Waals surface area contributed by atoms with Gasteiger partial charge < -0.3 is 19.8 Å². The van der Waals surface area contributed by atoms with Crippen molar-refractivity contribution < 1.29 is 14.9 Å². The van der Waals surface area contributed by atoms with E-state index in [0.717, 1.165) is 11.3 Å². The van der Waals surface area contributed by atoms with Gasteiger partial charge in [0.1, 0.15) is 11.5 Å². The van der Waals surface area contributed by atoms with Crippen LogP contribution in [0.4, 0.5) is 5.69 Å². The Bertz CT molecular complexity index is 692. The largest absolute Gasteiger partial charge is 0.508 e. The Morgan fingerprint density at radius 2 is 1.76 bits per heavy atom. The van der Waals surface area contributed by atoms with Crippen LogP contribution in [0.15, 0.2) is 48.5 Å². The summed E-state index contributed by atoms with van der Waals surface area (Å²) in [7, 11) is 3.92. The van der Waals surface area contributed by atoms with Gasteiger partial charge in [-0.2, -0.15) is 0 Å². The van der Waals surface area contributed by atoms with E-state index in [1.54, 1.807) is 24.3 Å². The normalized spacial score (nSPS) is 19.8. The number of anilines is 1. The fourth-order valence-corrected chi connectivity index (χ4v) is 2.32. The number of phenols is 1. The molecule has 0 fully saturated rings. The van der Waals surface area contributed by atoms with Crippen LogP contribution in [0.3, 0.4) is 0 Å². The third-order valence-electron chi connectivity index (χ3n) is 3.55. The van der Waals surface area contributed by atoms with Gasteiger partial charge in [0.15, 0.2) is 0 Å². The molecule has 1 aliphatic heterocycles. The standard InChI is InChI=1S/C17H17NO3/c1-18(2)14-5-3-13(4-6-14)17(20)10-9-12-11-15(19)7-8-16(12)21-17/h3-11,19-20H,1-2H3. The van der Waals surface area contributed by atoms with E-state index in [4.69, 9.17) is 4.74 Å². The van der Waals surface area contributed by atoms with Crippen molar-refractivity contribution in [3.8, 4) is 11.5 Å². The molecule has 2 N–H and O–H groups in total. The number of hydrogen-bond acceptors (Lipinski definition) is 4. The second-order valence-corrected chi connectivity index (χ2v) is 5.30. The Hall–Kier alpha value is -2.46. The van der Waals surface area contributed by atoms with Crippen molar-refractivity contribution in [1.29, 1.82) is 0 Å². The average Bonchev–Trinajstić information content (AvgIpc) is 2.48. The van der Waals surface area contributed by atoms with Gasteiger partial charge in [0.2, 0.25) is 0 Å².